The quantitative estimate of drug-likeness (QED) is 0.358. The summed E-state index contributed by atoms with van der Waals surface area (Å²) in [5, 5.41) is 5.82. The van der Waals surface area contributed by atoms with Crippen molar-refractivity contribution in [1.82, 2.24) is 20.1 Å². The third kappa shape index (κ3) is 6.31. The number of aliphatic imine (C=N–C) groups is 1. The van der Waals surface area contributed by atoms with Crippen molar-refractivity contribution in [3.05, 3.63) is 46.8 Å². The van der Waals surface area contributed by atoms with Crippen LogP contribution in [0, 0.1) is 5.92 Å². The monoisotopic (exact) mass is 540 g/mol. The molecule has 4 rings (SSSR count). The molecule has 0 bridgehead atoms. The minimum absolute atomic E-state index is 0. The number of halogens is 1. The molecule has 0 aromatic carbocycles. The highest BCUT2D eigenvalue weighted by atomic mass is 127. The summed E-state index contributed by atoms with van der Waals surface area (Å²) in [6, 6.07) is 10.5. The number of pyridine rings is 1. The van der Waals surface area contributed by atoms with E-state index < -0.39 is 0 Å². The Hall–Kier alpha value is -1.39. The van der Waals surface area contributed by atoms with Gasteiger partial charge in [-0.3, -0.25) is 9.89 Å². The fraction of sp³-hybridized carbons (Fsp3) is 0.545. The summed E-state index contributed by atoms with van der Waals surface area (Å²) in [6.07, 6.45) is 4.40. The van der Waals surface area contributed by atoms with Crippen LogP contribution in [0.2, 0.25) is 0 Å². The predicted octanol–water partition coefficient (Wildman–Crippen LogP) is 3.37. The number of anilines is 1. The molecule has 4 heterocycles. The minimum Gasteiger partial charge on any atom is -0.356 e. The van der Waals surface area contributed by atoms with E-state index in [9.17, 15) is 0 Å². The summed E-state index contributed by atoms with van der Waals surface area (Å²) in [5.74, 6) is 2.86. The zero-order valence-electron chi connectivity index (χ0n) is 17.7. The summed E-state index contributed by atoms with van der Waals surface area (Å²) in [6.45, 7) is 8.47. The largest absolute Gasteiger partial charge is 0.356 e. The van der Waals surface area contributed by atoms with Gasteiger partial charge in [-0.15, -0.1) is 35.3 Å². The first kappa shape index (κ1) is 23.3. The first-order valence-corrected chi connectivity index (χ1v) is 11.6. The molecule has 8 heteroatoms. The van der Waals surface area contributed by atoms with Crippen LogP contribution in [0.15, 0.2) is 46.9 Å². The van der Waals surface area contributed by atoms with E-state index in [0.717, 1.165) is 57.0 Å². The molecule has 0 atom stereocenters. The van der Waals surface area contributed by atoms with E-state index in [1.807, 2.05) is 30.6 Å². The van der Waals surface area contributed by atoms with Gasteiger partial charge in [0.1, 0.15) is 5.82 Å². The first-order chi connectivity index (χ1) is 14.3. The van der Waals surface area contributed by atoms with Gasteiger partial charge >= 0.3 is 0 Å². The number of aromatic nitrogens is 1. The number of thiophene rings is 1. The predicted molar refractivity (Wildman–Crippen MR) is 137 cm³/mol. The Morgan fingerprint density at radius 1 is 1.10 bits per heavy atom. The Balaban J connectivity index is 0.00000256. The average Bonchev–Trinajstić information content (AvgIpc) is 3.29. The molecular formula is C22H33IN6S. The van der Waals surface area contributed by atoms with Crippen LogP contribution < -0.4 is 10.2 Å². The molecule has 0 spiro atoms. The number of hydrogen-bond donors (Lipinski definition) is 1. The van der Waals surface area contributed by atoms with Gasteiger partial charge in [0.15, 0.2) is 5.96 Å². The van der Waals surface area contributed by atoms with Crippen molar-refractivity contribution < 1.29 is 0 Å². The van der Waals surface area contributed by atoms with E-state index in [1.165, 1.54) is 30.8 Å². The summed E-state index contributed by atoms with van der Waals surface area (Å²) in [5.41, 5.74) is 0. The Morgan fingerprint density at radius 2 is 1.90 bits per heavy atom. The maximum absolute atomic E-state index is 4.55. The average molecular weight is 541 g/mol. The molecule has 2 aromatic heterocycles. The second kappa shape index (κ2) is 11.9. The number of rotatable bonds is 5. The van der Waals surface area contributed by atoms with Gasteiger partial charge in [-0.2, -0.15) is 0 Å². The van der Waals surface area contributed by atoms with Crippen molar-refractivity contribution >= 4 is 47.1 Å². The molecule has 0 radical (unpaired) electrons. The van der Waals surface area contributed by atoms with E-state index in [1.54, 1.807) is 0 Å². The van der Waals surface area contributed by atoms with Gasteiger partial charge in [-0.25, -0.2) is 4.98 Å². The molecule has 2 aromatic rings. The van der Waals surface area contributed by atoms with Crippen LogP contribution in [0.4, 0.5) is 5.82 Å². The van der Waals surface area contributed by atoms with Crippen LogP contribution in [0.1, 0.15) is 17.7 Å². The van der Waals surface area contributed by atoms with E-state index >= 15 is 0 Å². The topological polar surface area (TPSA) is 47.0 Å². The Kier molecular flexibility index (Phi) is 9.20. The second-order valence-corrected chi connectivity index (χ2v) is 8.92. The Bertz CT molecular complexity index is 753. The van der Waals surface area contributed by atoms with Gasteiger partial charge in [0.25, 0.3) is 0 Å². The molecule has 6 nitrogen and oxygen atoms in total. The number of nitrogens with zero attached hydrogens (tertiary/aromatic N) is 5. The van der Waals surface area contributed by atoms with Gasteiger partial charge in [0.05, 0.1) is 0 Å². The zero-order chi connectivity index (χ0) is 19.9. The maximum atomic E-state index is 4.55. The lowest BCUT2D eigenvalue weighted by molar-refractivity contribution is 0.178. The third-order valence-corrected chi connectivity index (χ3v) is 6.84. The molecule has 2 aliphatic heterocycles. The highest BCUT2D eigenvalue weighted by molar-refractivity contribution is 14.0. The summed E-state index contributed by atoms with van der Waals surface area (Å²) in [7, 11) is 1.90. The highest BCUT2D eigenvalue weighted by Crippen LogP contribution is 2.20. The Morgan fingerprint density at radius 3 is 2.53 bits per heavy atom. The number of piperidine rings is 1. The SMILES string of the molecule is CN=C(NCC1CCN(Cc2cccs2)CC1)N1CCN(c2ccccn2)CC1.I. The second-order valence-electron chi connectivity index (χ2n) is 7.89. The van der Waals surface area contributed by atoms with Crippen LogP contribution in [-0.2, 0) is 6.54 Å². The minimum atomic E-state index is 0. The van der Waals surface area contributed by atoms with Gasteiger partial charge < -0.3 is 15.1 Å². The van der Waals surface area contributed by atoms with Crippen molar-refractivity contribution in [2.24, 2.45) is 10.9 Å². The van der Waals surface area contributed by atoms with Crippen molar-refractivity contribution in [3.8, 4) is 0 Å². The standard InChI is InChI=1S/C22H32N6S.HI/c1-23-22(28-14-12-27(13-15-28)21-6-2-3-9-24-21)25-17-19-7-10-26(11-8-19)18-20-5-4-16-29-20;/h2-6,9,16,19H,7-8,10-15,17-18H2,1H3,(H,23,25);1H. The van der Waals surface area contributed by atoms with Gasteiger partial charge in [0.2, 0.25) is 0 Å². The van der Waals surface area contributed by atoms with Crippen LogP contribution in [0.5, 0.6) is 0 Å². The lowest BCUT2D eigenvalue weighted by atomic mass is 9.97. The van der Waals surface area contributed by atoms with Gasteiger partial charge in [-0.1, -0.05) is 12.1 Å². The molecular weight excluding hydrogens is 507 g/mol. The normalized spacial score (nSPS) is 18.9. The Labute approximate surface area is 201 Å². The number of hydrogen-bond acceptors (Lipinski definition) is 5. The van der Waals surface area contributed by atoms with Crippen LogP contribution in [-0.4, -0.2) is 73.6 Å². The fourth-order valence-corrected chi connectivity index (χ4v) is 4.97. The number of piperazine rings is 1. The van der Waals surface area contributed by atoms with Crippen molar-refractivity contribution in [3.63, 3.8) is 0 Å². The van der Waals surface area contributed by atoms with Gasteiger partial charge in [0, 0.05) is 57.4 Å². The van der Waals surface area contributed by atoms with Crippen LogP contribution >= 0.6 is 35.3 Å². The van der Waals surface area contributed by atoms with Crippen molar-refractivity contribution in [1.29, 1.82) is 0 Å². The molecule has 164 valence electrons. The lowest BCUT2D eigenvalue weighted by Gasteiger charge is -2.38. The smallest absolute Gasteiger partial charge is 0.193 e. The van der Waals surface area contributed by atoms with E-state index in [0.29, 0.717) is 0 Å². The summed E-state index contributed by atoms with van der Waals surface area (Å²) >= 11 is 1.87. The molecule has 0 unspecified atom stereocenters. The van der Waals surface area contributed by atoms with Crippen LogP contribution in [0.25, 0.3) is 0 Å². The molecule has 2 saturated heterocycles. The number of nitrogens with one attached hydrogen (secondary N) is 1. The molecule has 30 heavy (non-hydrogen) atoms. The molecule has 1 N–H and O–H groups in total. The summed E-state index contributed by atoms with van der Waals surface area (Å²) < 4.78 is 0. The fourth-order valence-electron chi connectivity index (χ4n) is 4.23. The lowest BCUT2D eigenvalue weighted by Crippen LogP contribution is -2.53. The number of likely N-dealkylation sites (tertiary alicyclic amines) is 1. The first-order valence-electron chi connectivity index (χ1n) is 10.7. The molecule has 2 aliphatic rings. The third-order valence-electron chi connectivity index (χ3n) is 5.98. The van der Waals surface area contributed by atoms with E-state index in [2.05, 4.69) is 59.6 Å². The maximum Gasteiger partial charge on any atom is 0.193 e. The van der Waals surface area contributed by atoms with Crippen molar-refractivity contribution in [2.75, 3.05) is 57.8 Å². The highest BCUT2D eigenvalue weighted by Gasteiger charge is 2.23. The van der Waals surface area contributed by atoms with Crippen LogP contribution in [0.3, 0.4) is 0 Å². The molecule has 0 aliphatic carbocycles. The zero-order valence-corrected chi connectivity index (χ0v) is 20.9. The van der Waals surface area contributed by atoms with E-state index in [4.69, 9.17) is 0 Å². The van der Waals surface area contributed by atoms with E-state index in [-0.39, 0.29) is 24.0 Å². The molecule has 2 fully saturated rings. The molecule has 0 saturated carbocycles. The number of guanidine groups is 1. The van der Waals surface area contributed by atoms with Crippen molar-refractivity contribution in [2.45, 2.75) is 19.4 Å². The van der Waals surface area contributed by atoms with Gasteiger partial charge in [-0.05, 0) is 55.4 Å². The molecule has 0 amide bonds. The summed E-state index contributed by atoms with van der Waals surface area (Å²) in [4.78, 5) is 17.8.